The molecule has 62 valence electrons. The quantitative estimate of drug-likeness (QED) is 0.708. The van der Waals surface area contributed by atoms with Crippen LogP contribution in [-0.2, 0) is 0 Å². The molecule has 1 atom stereocenters. The van der Waals surface area contributed by atoms with E-state index >= 15 is 0 Å². The Morgan fingerprint density at radius 1 is 1.40 bits per heavy atom. The second-order valence-corrected chi connectivity index (χ2v) is 3.78. The van der Waals surface area contributed by atoms with Crippen LogP contribution in [0.25, 0.3) is 0 Å². The van der Waals surface area contributed by atoms with Crippen molar-refractivity contribution in [1.29, 1.82) is 0 Å². The minimum absolute atomic E-state index is 1.20. The summed E-state index contributed by atoms with van der Waals surface area (Å²) in [6, 6.07) is 0. The zero-order chi connectivity index (χ0) is 8.58. The lowest BCUT2D eigenvalue weighted by atomic mass is 10.0. The van der Waals surface area contributed by atoms with Gasteiger partial charge in [0.2, 0.25) is 0 Å². The lowest BCUT2D eigenvalue weighted by molar-refractivity contribution is -0.0101. The third kappa shape index (κ3) is 2.88. The Balaban J connectivity index is 4.23. The third-order valence-electron chi connectivity index (χ3n) is 0.941. The fourth-order valence-corrected chi connectivity index (χ4v) is 1.01. The van der Waals surface area contributed by atoms with Gasteiger partial charge < -0.3 is 5.73 Å². The molecule has 0 fully saturated rings. The Bertz CT molecular complexity index is 101. The summed E-state index contributed by atoms with van der Waals surface area (Å²) in [5, 5.41) is 0. The van der Waals surface area contributed by atoms with Crippen molar-refractivity contribution in [3.05, 3.63) is 0 Å². The van der Waals surface area contributed by atoms with Gasteiger partial charge in [0.1, 0.15) is 0 Å². The minimum Gasteiger partial charge on any atom is -0.323 e. The standard InChI is InChI=1S/C5H9BrF3N/c1-4(2,10)3(7)5(6,8)9/h3H,10H2,1-2H3. The predicted molar refractivity (Wildman–Crippen MR) is 37.0 cm³/mol. The van der Waals surface area contributed by atoms with Crippen LogP contribution in [0.2, 0.25) is 0 Å². The molecule has 0 rings (SSSR count). The summed E-state index contributed by atoms with van der Waals surface area (Å²) < 4.78 is 36.6. The van der Waals surface area contributed by atoms with Crippen molar-refractivity contribution in [2.75, 3.05) is 0 Å². The second kappa shape index (κ2) is 2.70. The zero-order valence-electron chi connectivity index (χ0n) is 5.67. The van der Waals surface area contributed by atoms with E-state index < -0.39 is 16.5 Å². The van der Waals surface area contributed by atoms with Crippen molar-refractivity contribution < 1.29 is 13.2 Å². The fourth-order valence-electron chi connectivity index (χ4n) is 0.422. The molecule has 0 aliphatic carbocycles. The molecular formula is C5H9BrF3N. The van der Waals surface area contributed by atoms with Crippen molar-refractivity contribution >= 4 is 15.9 Å². The Morgan fingerprint density at radius 2 is 1.70 bits per heavy atom. The first kappa shape index (κ1) is 10.2. The maximum absolute atomic E-state index is 12.5. The van der Waals surface area contributed by atoms with Crippen LogP contribution in [0.15, 0.2) is 0 Å². The van der Waals surface area contributed by atoms with Gasteiger partial charge in [-0.05, 0) is 29.8 Å². The molecule has 0 aromatic heterocycles. The van der Waals surface area contributed by atoms with Gasteiger partial charge in [0.25, 0.3) is 0 Å². The summed E-state index contributed by atoms with van der Waals surface area (Å²) in [5.74, 6) is 0. The molecule has 0 heterocycles. The van der Waals surface area contributed by atoms with Gasteiger partial charge in [0, 0.05) is 5.54 Å². The first-order valence-electron chi connectivity index (χ1n) is 2.65. The molecule has 0 aromatic carbocycles. The van der Waals surface area contributed by atoms with E-state index in [1.54, 1.807) is 0 Å². The lowest BCUT2D eigenvalue weighted by Crippen LogP contribution is -2.49. The molecule has 2 N–H and O–H groups in total. The van der Waals surface area contributed by atoms with Crippen LogP contribution in [0, 0.1) is 0 Å². The molecule has 10 heavy (non-hydrogen) atoms. The van der Waals surface area contributed by atoms with Crippen LogP contribution >= 0.6 is 15.9 Å². The largest absolute Gasteiger partial charge is 0.333 e. The van der Waals surface area contributed by atoms with E-state index in [-0.39, 0.29) is 0 Å². The molecule has 0 amide bonds. The first-order chi connectivity index (χ1) is 4.15. The molecule has 0 bridgehead atoms. The van der Waals surface area contributed by atoms with Gasteiger partial charge in [-0.3, -0.25) is 0 Å². The summed E-state index contributed by atoms with van der Waals surface area (Å²) in [4.78, 5) is -3.54. The molecule has 1 nitrogen and oxygen atoms in total. The molecule has 0 spiro atoms. The van der Waals surface area contributed by atoms with Crippen LogP contribution in [-0.4, -0.2) is 16.5 Å². The number of rotatable bonds is 2. The van der Waals surface area contributed by atoms with Gasteiger partial charge in [0.15, 0.2) is 6.17 Å². The number of hydrogen-bond donors (Lipinski definition) is 1. The van der Waals surface area contributed by atoms with Crippen LogP contribution < -0.4 is 5.73 Å². The Labute approximate surface area is 65.9 Å². The smallest absolute Gasteiger partial charge is 0.323 e. The van der Waals surface area contributed by atoms with E-state index in [0.29, 0.717) is 0 Å². The average Bonchev–Trinajstić information content (AvgIpc) is 1.59. The molecular weight excluding hydrogens is 211 g/mol. The highest BCUT2D eigenvalue weighted by Gasteiger charge is 2.45. The molecule has 5 heteroatoms. The van der Waals surface area contributed by atoms with Crippen molar-refractivity contribution in [3.63, 3.8) is 0 Å². The zero-order valence-corrected chi connectivity index (χ0v) is 7.25. The predicted octanol–water partition coefficient (Wildman–Crippen LogP) is 2.05. The van der Waals surface area contributed by atoms with Crippen molar-refractivity contribution in [3.8, 4) is 0 Å². The van der Waals surface area contributed by atoms with Crippen LogP contribution in [0.3, 0.4) is 0 Å². The minimum atomic E-state index is -3.54. The molecule has 0 aliphatic heterocycles. The van der Waals surface area contributed by atoms with Crippen LogP contribution in [0.5, 0.6) is 0 Å². The maximum Gasteiger partial charge on any atom is 0.333 e. The van der Waals surface area contributed by atoms with E-state index in [0.717, 1.165) is 0 Å². The second-order valence-electron chi connectivity index (χ2n) is 2.73. The third-order valence-corrected chi connectivity index (χ3v) is 1.34. The number of nitrogens with two attached hydrogens (primary N) is 1. The summed E-state index contributed by atoms with van der Waals surface area (Å²) in [7, 11) is 0. The number of halogens is 4. The van der Waals surface area contributed by atoms with Crippen LogP contribution in [0.1, 0.15) is 13.8 Å². The van der Waals surface area contributed by atoms with Gasteiger partial charge in [-0.25, -0.2) is 4.39 Å². The Hall–Kier alpha value is 0.230. The Morgan fingerprint density at radius 3 is 1.70 bits per heavy atom. The maximum atomic E-state index is 12.5. The summed E-state index contributed by atoms with van der Waals surface area (Å²) in [6.45, 7) is 2.40. The van der Waals surface area contributed by atoms with E-state index in [2.05, 4.69) is 0 Å². The van der Waals surface area contributed by atoms with Crippen molar-refractivity contribution in [2.24, 2.45) is 5.73 Å². The molecule has 1 unspecified atom stereocenters. The SMILES string of the molecule is CC(C)(N)C(F)C(F)(F)Br. The molecule has 0 aliphatic rings. The lowest BCUT2D eigenvalue weighted by Gasteiger charge is -2.26. The number of alkyl halides is 4. The summed E-state index contributed by atoms with van der Waals surface area (Å²) in [5.41, 5.74) is 3.56. The highest BCUT2D eigenvalue weighted by atomic mass is 79.9. The van der Waals surface area contributed by atoms with E-state index in [1.165, 1.54) is 13.8 Å². The number of hydrogen-bond acceptors (Lipinski definition) is 1. The first-order valence-corrected chi connectivity index (χ1v) is 3.44. The van der Waals surface area contributed by atoms with Gasteiger partial charge in [0.05, 0.1) is 0 Å². The topological polar surface area (TPSA) is 26.0 Å². The molecule has 0 radical (unpaired) electrons. The van der Waals surface area contributed by atoms with Crippen LogP contribution in [0.4, 0.5) is 13.2 Å². The van der Waals surface area contributed by atoms with E-state index in [9.17, 15) is 13.2 Å². The average molecular weight is 220 g/mol. The summed E-state index contributed by atoms with van der Waals surface area (Å²) in [6.07, 6.45) is -2.38. The summed E-state index contributed by atoms with van der Waals surface area (Å²) >= 11 is 1.89. The van der Waals surface area contributed by atoms with Gasteiger partial charge in [-0.15, -0.1) is 0 Å². The Kier molecular flexibility index (Phi) is 2.76. The monoisotopic (exact) mass is 219 g/mol. The van der Waals surface area contributed by atoms with Gasteiger partial charge in [-0.1, -0.05) is 0 Å². The highest BCUT2D eigenvalue weighted by molar-refractivity contribution is 9.10. The molecule has 0 aromatic rings. The normalized spacial score (nSPS) is 17.1. The molecule has 0 saturated carbocycles. The fraction of sp³-hybridized carbons (Fsp3) is 1.00. The van der Waals surface area contributed by atoms with Gasteiger partial charge in [-0.2, -0.15) is 8.78 Å². The van der Waals surface area contributed by atoms with Crippen molar-refractivity contribution in [2.45, 2.75) is 30.4 Å². The van der Waals surface area contributed by atoms with E-state index in [1.807, 2.05) is 15.9 Å². The van der Waals surface area contributed by atoms with Crippen molar-refractivity contribution in [1.82, 2.24) is 0 Å². The van der Waals surface area contributed by atoms with E-state index in [4.69, 9.17) is 5.73 Å². The molecule has 0 saturated heterocycles. The van der Waals surface area contributed by atoms with Gasteiger partial charge >= 0.3 is 4.83 Å². The highest BCUT2D eigenvalue weighted by Crippen LogP contribution is 2.33.